The molecule has 0 aliphatic carbocycles. The number of hydrogen-bond acceptors (Lipinski definition) is 6. The Morgan fingerprint density at radius 1 is 1.07 bits per heavy atom. The van der Waals surface area contributed by atoms with Crippen molar-refractivity contribution in [1.82, 2.24) is 21.3 Å². The van der Waals surface area contributed by atoms with Crippen LogP contribution in [0.25, 0.3) is 0 Å². The first kappa shape index (κ1) is 31.6. The molecule has 2 aromatic rings. The molecular formula is C31H42N4O6. The fraction of sp³-hybridized carbons (Fsp3) is 0.484. The summed E-state index contributed by atoms with van der Waals surface area (Å²) in [5, 5.41) is 20.9. The lowest BCUT2D eigenvalue weighted by atomic mass is 9.93. The summed E-state index contributed by atoms with van der Waals surface area (Å²) in [6.45, 7) is 5.69. The minimum Gasteiger partial charge on any atom is -0.494 e. The van der Waals surface area contributed by atoms with E-state index in [1.165, 1.54) is 0 Å². The number of amides is 4. The largest absolute Gasteiger partial charge is 0.494 e. The number of nitrogens with one attached hydrogen (secondary N) is 4. The van der Waals surface area contributed by atoms with E-state index in [1.54, 1.807) is 13.8 Å². The van der Waals surface area contributed by atoms with Crippen molar-refractivity contribution in [3.63, 3.8) is 0 Å². The second-order valence-corrected chi connectivity index (χ2v) is 11.1. The third-order valence-corrected chi connectivity index (χ3v) is 7.18. The van der Waals surface area contributed by atoms with Crippen molar-refractivity contribution < 1.29 is 29.0 Å². The predicted octanol–water partition coefficient (Wildman–Crippen LogP) is 1.91. The third-order valence-electron chi connectivity index (χ3n) is 7.18. The van der Waals surface area contributed by atoms with Crippen LogP contribution in [0.4, 0.5) is 0 Å². The van der Waals surface area contributed by atoms with Gasteiger partial charge in [-0.3, -0.25) is 19.2 Å². The van der Waals surface area contributed by atoms with E-state index in [0.717, 1.165) is 16.7 Å². The molecule has 1 aliphatic heterocycles. The first-order valence-corrected chi connectivity index (χ1v) is 14.1. The summed E-state index contributed by atoms with van der Waals surface area (Å²) < 4.78 is 5.85. The van der Waals surface area contributed by atoms with Crippen LogP contribution in [0.2, 0.25) is 0 Å². The van der Waals surface area contributed by atoms with Crippen LogP contribution < -0.4 is 26.0 Å². The minimum absolute atomic E-state index is 0.0129. The topological polar surface area (TPSA) is 146 Å². The van der Waals surface area contributed by atoms with Crippen molar-refractivity contribution in [2.24, 2.45) is 5.41 Å². The van der Waals surface area contributed by atoms with Crippen LogP contribution in [-0.4, -0.2) is 60.6 Å². The maximum Gasteiger partial charge on any atom is 0.243 e. The van der Waals surface area contributed by atoms with Crippen LogP contribution in [0, 0.1) is 12.3 Å². The molecule has 0 aromatic heterocycles. The van der Waals surface area contributed by atoms with Gasteiger partial charge in [0.2, 0.25) is 23.6 Å². The summed E-state index contributed by atoms with van der Waals surface area (Å²) >= 11 is 0. The molecule has 2 aromatic carbocycles. The lowest BCUT2D eigenvalue weighted by Gasteiger charge is -2.27. The van der Waals surface area contributed by atoms with Gasteiger partial charge >= 0.3 is 0 Å². The van der Waals surface area contributed by atoms with Crippen LogP contribution in [0.3, 0.4) is 0 Å². The highest BCUT2D eigenvalue weighted by Crippen LogP contribution is 2.18. The second-order valence-electron chi connectivity index (χ2n) is 11.1. The lowest BCUT2D eigenvalue weighted by Crippen LogP contribution is -2.55. The third kappa shape index (κ3) is 9.89. The maximum absolute atomic E-state index is 13.5. The van der Waals surface area contributed by atoms with Gasteiger partial charge in [0, 0.05) is 19.5 Å². The van der Waals surface area contributed by atoms with E-state index in [2.05, 4.69) is 21.3 Å². The van der Waals surface area contributed by atoms with Crippen LogP contribution in [0.5, 0.6) is 5.75 Å². The molecule has 5 N–H and O–H groups in total. The molecule has 0 fully saturated rings. The molecule has 222 valence electrons. The van der Waals surface area contributed by atoms with Crippen LogP contribution in [0.15, 0.2) is 48.5 Å². The smallest absolute Gasteiger partial charge is 0.243 e. The molecule has 0 spiro atoms. The summed E-state index contributed by atoms with van der Waals surface area (Å²) in [6, 6.07) is 13.3. The molecule has 0 saturated heterocycles. The van der Waals surface area contributed by atoms with Gasteiger partial charge in [0.25, 0.3) is 0 Å². The molecule has 10 heteroatoms. The summed E-state index contributed by atoms with van der Waals surface area (Å²) in [5.41, 5.74) is 1.75. The zero-order valence-corrected chi connectivity index (χ0v) is 24.1. The van der Waals surface area contributed by atoms with Gasteiger partial charge in [0.1, 0.15) is 17.8 Å². The van der Waals surface area contributed by atoms with Crippen molar-refractivity contribution >= 4 is 23.6 Å². The van der Waals surface area contributed by atoms with Gasteiger partial charge in [0.05, 0.1) is 18.6 Å². The van der Waals surface area contributed by atoms with Gasteiger partial charge < -0.3 is 31.1 Å². The number of aryl methyl sites for hydroxylation is 2. The summed E-state index contributed by atoms with van der Waals surface area (Å²) in [4.78, 5) is 52.3. The van der Waals surface area contributed by atoms with Gasteiger partial charge in [0.15, 0.2) is 0 Å². The maximum atomic E-state index is 13.5. The molecule has 0 radical (unpaired) electrons. The quantitative estimate of drug-likeness (QED) is 0.361. The zero-order valence-electron chi connectivity index (χ0n) is 24.1. The summed E-state index contributed by atoms with van der Waals surface area (Å²) in [6.07, 6.45) is 1.46. The van der Waals surface area contributed by atoms with Gasteiger partial charge in [-0.2, -0.15) is 0 Å². The number of aliphatic hydroxyl groups is 1. The number of ether oxygens (including phenoxy) is 1. The van der Waals surface area contributed by atoms with E-state index < -0.39 is 35.9 Å². The van der Waals surface area contributed by atoms with E-state index in [9.17, 15) is 24.3 Å². The van der Waals surface area contributed by atoms with Crippen LogP contribution in [-0.2, 0) is 32.1 Å². The number of carbonyl (C=O) groups is 4. The van der Waals surface area contributed by atoms with Crippen molar-refractivity contribution in [3.8, 4) is 5.75 Å². The van der Waals surface area contributed by atoms with Gasteiger partial charge in [-0.1, -0.05) is 36.4 Å². The Labute approximate surface area is 241 Å². The fourth-order valence-electron chi connectivity index (χ4n) is 4.28. The number of benzene rings is 2. The molecule has 41 heavy (non-hydrogen) atoms. The van der Waals surface area contributed by atoms with Crippen LogP contribution in [0.1, 0.15) is 56.2 Å². The number of rotatable bonds is 6. The Bertz CT molecular complexity index is 1200. The highest BCUT2D eigenvalue weighted by atomic mass is 16.5. The van der Waals surface area contributed by atoms with Gasteiger partial charge in [-0.15, -0.1) is 0 Å². The Hall–Kier alpha value is -3.92. The van der Waals surface area contributed by atoms with Crippen molar-refractivity contribution in [3.05, 3.63) is 65.2 Å². The Kier molecular flexibility index (Phi) is 11.7. The number of aliphatic hydroxyl groups excluding tert-OH is 1. The molecule has 3 rings (SSSR count). The zero-order chi connectivity index (χ0) is 29.8. The van der Waals surface area contributed by atoms with Crippen LogP contribution >= 0.6 is 0 Å². The predicted molar refractivity (Wildman–Crippen MR) is 155 cm³/mol. The normalized spacial score (nSPS) is 19.5. The fourth-order valence-corrected chi connectivity index (χ4v) is 4.28. The average molecular weight is 567 g/mol. The van der Waals surface area contributed by atoms with Gasteiger partial charge in [-0.05, 0) is 75.3 Å². The number of fused-ring (bicyclic) bond motifs is 2. The molecule has 4 amide bonds. The SMILES string of the molecule is Cc1ccc2cc1CNC(=O)[C@H](CCc1ccccc1)NC(=O)[C@@H](NC(=O)C(C)(C)CO)CCC(=O)NCCCO2. The number of carbonyl (C=O) groups excluding carboxylic acids is 4. The average Bonchev–Trinajstić information content (AvgIpc) is 2.96. The van der Waals surface area contributed by atoms with Crippen molar-refractivity contribution in [2.75, 3.05) is 19.8 Å². The first-order chi connectivity index (χ1) is 19.6. The highest BCUT2D eigenvalue weighted by molar-refractivity contribution is 5.93. The minimum atomic E-state index is -1.13. The molecule has 2 bridgehead atoms. The molecule has 0 unspecified atom stereocenters. The number of hydrogen-bond donors (Lipinski definition) is 5. The lowest BCUT2D eigenvalue weighted by molar-refractivity contribution is -0.137. The van der Waals surface area contributed by atoms with Gasteiger partial charge in [-0.25, -0.2) is 0 Å². The summed E-state index contributed by atoms with van der Waals surface area (Å²) in [7, 11) is 0. The van der Waals surface area contributed by atoms with E-state index in [1.807, 2.05) is 55.5 Å². The Morgan fingerprint density at radius 3 is 2.56 bits per heavy atom. The Balaban J connectivity index is 1.86. The van der Waals surface area contributed by atoms with Crippen molar-refractivity contribution in [1.29, 1.82) is 0 Å². The Morgan fingerprint density at radius 2 is 1.83 bits per heavy atom. The molecule has 2 atom stereocenters. The van der Waals surface area contributed by atoms with E-state index in [0.29, 0.717) is 38.2 Å². The molecule has 1 aliphatic rings. The highest BCUT2D eigenvalue weighted by Gasteiger charge is 2.32. The first-order valence-electron chi connectivity index (χ1n) is 14.1. The van der Waals surface area contributed by atoms with Crippen molar-refractivity contribution in [2.45, 2.75) is 71.5 Å². The summed E-state index contributed by atoms with van der Waals surface area (Å²) in [5.74, 6) is -1.05. The molecular weight excluding hydrogens is 524 g/mol. The molecule has 0 saturated carbocycles. The molecule has 1 heterocycles. The molecule has 10 nitrogen and oxygen atoms in total. The van der Waals surface area contributed by atoms with E-state index in [4.69, 9.17) is 4.74 Å². The van der Waals surface area contributed by atoms with E-state index in [-0.39, 0.29) is 31.2 Å². The monoisotopic (exact) mass is 566 g/mol. The second kappa shape index (κ2) is 15.2. The van der Waals surface area contributed by atoms with E-state index >= 15 is 0 Å². The standard InChI is InChI=1S/C31H42N4O6/c1-21-10-12-24-18-23(21)19-33-28(38)25(13-11-22-8-5-4-6-9-22)34-29(39)26(35-30(40)31(2,3)20-36)14-15-27(37)32-16-7-17-41-24/h4-6,8-10,12,18,25-26,36H,7,11,13-17,19-20H2,1-3H3,(H,32,37)(H,33,38)(H,34,39)(H,35,40)/t25-,26-/m0/s1.